The van der Waals surface area contributed by atoms with Gasteiger partial charge in [0.05, 0.1) is 5.41 Å². The summed E-state index contributed by atoms with van der Waals surface area (Å²) in [4.78, 5) is 41.4. The van der Waals surface area contributed by atoms with Gasteiger partial charge < -0.3 is 10.3 Å². The number of carbonyl (C=O) groups excluding carboxylic acids is 3. The number of benzene rings is 1. The van der Waals surface area contributed by atoms with E-state index in [9.17, 15) is 14.4 Å². The summed E-state index contributed by atoms with van der Waals surface area (Å²) >= 11 is 0. The number of hydrogen-bond acceptors (Lipinski definition) is 3. The lowest BCUT2D eigenvalue weighted by Crippen LogP contribution is -2.36. The second-order valence-corrected chi connectivity index (χ2v) is 7.09. The molecule has 1 aliphatic carbocycles. The van der Waals surface area contributed by atoms with Gasteiger partial charge in [0.25, 0.3) is 0 Å². The number of nitrogens with one attached hydrogen (secondary N) is 2. The van der Waals surface area contributed by atoms with Crippen molar-refractivity contribution in [2.45, 2.75) is 38.5 Å². The van der Waals surface area contributed by atoms with Gasteiger partial charge in [-0.3, -0.25) is 19.3 Å². The van der Waals surface area contributed by atoms with E-state index in [0.29, 0.717) is 12.1 Å². The molecule has 3 amide bonds. The largest absolute Gasteiger partial charge is 0.361 e. The van der Waals surface area contributed by atoms with E-state index in [1.807, 2.05) is 30.5 Å². The normalized spacial score (nSPS) is 19.3. The van der Waals surface area contributed by atoms with Gasteiger partial charge in [-0.25, -0.2) is 0 Å². The Labute approximate surface area is 145 Å². The highest BCUT2D eigenvalue weighted by molar-refractivity contribution is 6.06. The van der Waals surface area contributed by atoms with Crippen molar-refractivity contribution in [1.82, 2.24) is 9.88 Å². The molecule has 2 fully saturated rings. The molecule has 0 unspecified atom stereocenters. The van der Waals surface area contributed by atoms with Crippen molar-refractivity contribution in [3.05, 3.63) is 30.5 Å². The van der Waals surface area contributed by atoms with Crippen molar-refractivity contribution < 1.29 is 14.4 Å². The SMILES string of the molecule is O=C(CCN1C(=O)CC2(CCCC2)C1=O)Nc1ccc2[nH]ccc2c1. The fraction of sp³-hybridized carbons (Fsp3) is 0.421. The van der Waals surface area contributed by atoms with E-state index in [4.69, 9.17) is 0 Å². The number of likely N-dealkylation sites (tertiary alicyclic amines) is 1. The van der Waals surface area contributed by atoms with Crippen LogP contribution in [0.15, 0.2) is 30.5 Å². The van der Waals surface area contributed by atoms with Crippen molar-refractivity contribution in [2.75, 3.05) is 11.9 Å². The third-order valence-electron chi connectivity index (χ3n) is 5.45. The highest BCUT2D eigenvalue weighted by atomic mass is 16.2. The molecule has 4 rings (SSSR count). The van der Waals surface area contributed by atoms with Crippen LogP contribution in [0.1, 0.15) is 38.5 Å². The standard InChI is InChI=1S/C19H21N3O3/c23-16(21-14-3-4-15-13(11-14)5-9-20-15)6-10-22-17(24)12-19(18(22)25)7-1-2-8-19/h3-5,9,11,20H,1-2,6-8,10,12H2,(H,21,23). The first-order valence-corrected chi connectivity index (χ1v) is 8.79. The van der Waals surface area contributed by atoms with Crippen LogP contribution in [0.3, 0.4) is 0 Å². The molecular formula is C19H21N3O3. The summed E-state index contributed by atoms with van der Waals surface area (Å²) in [6, 6.07) is 7.57. The van der Waals surface area contributed by atoms with Crippen LogP contribution < -0.4 is 5.32 Å². The molecule has 6 heteroatoms. The molecule has 2 aromatic rings. The molecule has 0 bridgehead atoms. The number of carbonyl (C=O) groups is 3. The molecule has 130 valence electrons. The van der Waals surface area contributed by atoms with Crippen molar-refractivity contribution in [3.8, 4) is 0 Å². The Morgan fingerprint density at radius 2 is 2.00 bits per heavy atom. The molecular weight excluding hydrogens is 318 g/mol. The Morgan fingerprint density at radius 1 is 1.20 bits per heavy atom. The second kappa shape index (κ2) is 6.02. The number of rotatable bonds is 4. The fourth-order valence-electron chi connectivity index (χ4n) is 4.10. The predicted octanol–water partition coefficient (Wildman–Crippen LogP) is 2.82. The van der Waals surface area contributed by atoms with E-state index in [2.05, 4.69) is 10.3 Å². The van der Waals surface area contributed by atoms with Gasteiger partial charge in [0.15, 0.2) is 0 Å². The van der Waals surface area contributed by atoms with Crippen LogP contribution in [-0.2, 0) is 14.4 Å². The Morgan fingerprint density at radius 3 is 2.80 bits per heavy atom. The summed E-state index contributed by atoms with van der Waals surface area (Å²) < 4.78 is 0. The summed E-state index contributed by atoms with van der Waals surface area (Å²) in [5.74, 6) is -0.396. The number of imide groups is 1. The molecule has 2 heterocycles. The van der Waals surface area contributed by atoms with Crippen LogP contribution in [0.2, 0.25) is 0 Å². The minimum Gasteiger partial charge on any atom is -0.361 e. The van der Waals surface area contributed by atoms with Gasteiger partial charge >= 0.3 is 0 Å². The lowest BCUT2D eigenvalue weighted by Gasteiger charge is -2.20. The summed E-state index contributed by atoms with van der Waals surface area (Å²) in [5, 5.41) is 3.86. The Balaban J connectivity index is 1.37. The maximum atomic E-state index is 12.6. The summed E-state index contributed by atoms with van der Waals surface area (Å²) in [7, 11) is 0. The smallest absolute Gasteiger partial charge is 0.235 e. The Bertz CT molecular complexity index is 848. The number of anilines is 1. The van der Waals surface area contributed by atoms with Crippen molar-refractivity contribution >= 4 is 34.3 Å². The molecule has 1 aliphatic heterocycles. The first-order chi connectivity index (χ1) is 12.1. The predicted molar refractivity (Wildman–Crippen MR) is 93.8 cm³/mol. The molecule has 6 nitrogen and oxygen atoms in total. The first kappa shape index (κ1) is 15.9. The minimum absolute atomic E-state index is 0.0726. The van der Waals surface area contributed by atoms with Crippen molar-refractivity contribution in [3.63, 3.8) is 0 Å². The van der Waals surface area contributed by atoms with Gasteiger partial charge in [0, 0.05) is 42.2 Å². The zero-order chi connectivity index (χ0) is 17.4. The molecule has 0 atom stereocenters. The Kier molecular flexibility index (Phi) is 3.82. The fourth-order valence-corrected chi connectivity index (χ4v) is 4.10. The lowest BCUT2D eigenvalue weighted by atomic mass is 9.84. The number of fused-ring (bicyclic) bond motifs is 1. The van der Waals surface area contributed by atoms with E-state index >= 15 is 0 Å². The van der Waals surface area contributed by atoms with Gasteiger partial charge in [-0.1, -0.05) is 12.8 Å². The second-order valence-electron chi connectivity index (χ2n) is 7.09. The average molecular weight is 339 g/mol. The molecule has 1 saturated carbocycles. The van der Waals surface area contributed by atoms with E-state index in [-0.39, 0.29) is 30.7 Å². The summed E-state index contributed by atoms with van der Waals surface area (Å²) in [6.45, 7) is 0.164. The number of aromatic amines is 1. The zero-order valence-corrected chi connectivity index (χ0v) is 14.0. The van der Waals surface area contributed by atoms with Crippen molar-refractivity contribution in [1.29, 1.82) is 0 Å². The monoisotopic (exact) mass is 339 g/mol. The molecule has 1 aromatic heterocycles. The molecule has 1 saturated heterocycles. The van der Waals surface area contributed by atoms with Crippen LogP contribution in [0.4, 0.5) is 5.69 Å². The molecule has 2 aliphatic rings. The number of amides is 3. The van der Waals surface area contributed by atoms with Gasteiger partial charge in [0.2, 0.25) is 17.7 Å². The van der Waals surface area contributed by atoms with Crippen LogP contribution in [0.5, 0.6) is 0 Å². The number of hydrogen-bond donors (Lipinski definition) is 2. The van der Waals surface area contributed by atoms with Crippen LogP contribution in [0, 0.1) is 5.41 Å². The van der Waals surface area contributed by atoms with E-state index < -0.39 is 5.41 Å². The average Bonchev–Trinajstić information content (AvgIpc) is 3.28. The highest BCUT2D eigenvalue weighted by Crippen LogP contribution is 2.46. The number of aromatic nitrogens is 1. The van der Waals surface area contributed by atoms with E-state index in [1.165, 1.54) is 4.90 Å². The molecule has 0 radical (unpaired) electrons. The molecule has 1 aromatic carbocycles. The van der Waals surface area contributed by atoms with Gasteiger partial charge in [0.1, 0.15) is 0 Å². The Hall–Kier alpha value is -2.63. The zero-order valence-electron chi connectivity index (χ0n) is 14.0. The summed E-state index contributed by atoms with van der Waals surface area (Å²) in [6.07, 6.45) is 5.91. The maximum absolute atomic E-state index is 12.6. The number of nitrogens with zero attached hydrogens (tertiary/aromatic N) is 1. The van der Waals surface area contributed by atoms with E-state index in [1.54, 1.807) is 0 Å². The van der Waals surface area contributed by atoms with Crippen LogP contribution >= 0.6 is 0 Å². The molecule has 2 N–H and O–H groups in total. The maximum Gasteiger partial charge on any atom is 0.235 e. The summed E-state index contributed by atoms with van der Waals surface area (Å²) in [5.41, 5.74) is 1.25. The third-order valence-corrected chi connectivity index (χ3v) is 5.45. The van der Waals surface area contributed by atoms with Crippen LogP contribution in [-0.4, -0.2) is 34.2 Å². The van der Waals surface area contributed by atoms with Gasteiger partial charge in [-0.05, 0) is 37.1 Å². The number of H-pyrrole nitrogens is 1. The van der Waals surface area contributed by atoms with Gasteiger partial charge in [-0.2, -0.15) is 0 Å². The lowest BCUT2D eigenvalue weighted by molar-refractivity contribution is -0.141. The highest BCUT2D eigenvalue weighted by Gasteiger charge is 2.52. The molecule has 25 heavy (non-hydrogen) atoms. The van der Waals surface area contributed by atoms with Gasteiger partial charge in [-0.15, -0.1) is 0 Å². The van der Waals surface area contributed by atoms with E-state index in [0.717, 1.165) is 36.6 Å². The third kappa shape index (κ3) is 2.81. The first-order valence-electron chi connectivity index (χ1n) is 8.79. The quantitative estimate of drug-likeness (QED) is 0.840. The van der Waals surface area contributed by atoms with Crippen molar-refractivity contribution in [2.24, 2.45) is 5.41 Å². The molecule has 1 spiro atoms. The minimum atomic E-state index is -0.465. The topological polar surface area (TPSA) is 82.3 Å². The van der Waals surface area contributed by atoms with Crippen LogP contribution in [0.25, 0.3) is 10.9 Å².